The van der Waals surface area contributed by atoms with E-state index < -0.39 is 0 Å². The maximum Gasteiger partial charge on any atom is 0.326 e. The molecule has 1 aromatic carbocycles. The molecule has 1 aromatic rings. The Morgan fingerprint density at radius 2 is 1.87 bits per heavy atom. The highest BCUT2D eigenvalue weighted by atomic mass is 16.2. The van der Waals surface area contributed by atoms with E-state index in [9.17, 15) is 14.4 Å². The maximum absolute atomic E-state index is 12.3. The number of fused-ring (bicyclic) bond motifs is 1. The number of imide groups is 1. The van der Waals surface area contributed by atoms with E-state index in [2.05, 4.69) is 12.1 Å². The first-order valence-electron chi connectivity index (χ1n) is 7.96. The highest BCUT2D eigenvalue weighted by Crippen LogP contribution is 2.19. The highest BCUT2D eigenvalue weighted by molar-refractivity contribution is 6.01. The summed E-state index contributed by atoms with van der Waals surface area (Å²) < 4.78 is 0. The molecule has 0 N–H and O–H groups in total. The van der Waals surface area contributed by atoms with Crippen LogP contribution in [0, 0.1) is 0 Å². The van der Waals surface area contributed by atoms with E-state index >= 15 is 0 Å². The van der Waals surface area contributed by atoms with Crippen molar-refractivity contribution in [2.45, 2.75) is 25.8 Å². The summed E-state index contributed by atoms with van der Waals surface area (Å²) in [4.78, 5) is 40.3. The van der Waals surface area contributed by atoms with Crippen molar-refractivity contribution in [2.75, 3.05) is 26.7 Å². The quantitative estimate of drug-likeness (QED) is 0.786. The lowest BCUT2D eigenvalue weighted by Gasteiger charge is -2.29. The molecule has 0 saturated carbocycles. The Morgan fingerprint density at radius 3 is 2.57 bits per heavy atom. The van der Waals surface area contributed by atoms with Gasteiger partial charge in [-0.15, -0.1) is 0 Å². The molecule has 2 aliphatic heterocycles. The number of carbonyl (C=O) groups is 3. The Bertz CT molecular complexity index is 644. The molecule has 0 bridgehead atoms. The van der Waals surface area contributed by atoms with E-state index in [0.29, 0.717) is 25.9 Å². The molecule has 0 radical (unpaired) electrons. The van der Waals surface area contributed by atoms with Crippen LogP contribution in [0.4, 0.5) is 4.79 Å². The van der Waals surface area contributed by atoms with Crippen molar-refractivity contribution in [1.82, 2.24) is 14.7 Å². The molecule has 0 aromatic heterocycles. The van der Waals surface area contributed by atoms with Crippen LogP contribution in [0.2, 0.25) is 0 Å². The molecule has 122 valence electrons. The second kappa shape index (κ2) is 6.40. The van der Waals surface area contributed by atoms with Gasteiger partial charge in [-0.1, -0.05) is 24.3 Å². The van der Waals surface area contributed by atoms with Crippen molar-refractivity contribution in [1.29, 1.82) is 0 Å². The zero-order chi connectivity index (χ0) is 16.4. The van der Waals surface area contributed by atoms with Gasteiger partial charge in [0.15, 0.2) is 0 Å². The van der Waals surface area contributed by atoms with Crippen molar-refractivity contribution in [2.24, 2.45) is 0 Å². The van der Waals surface area contributed by atoms with Crippen LogP contribution in [0.15, 0.2) is 24.3 Å². The number of likely N-dealkylation sites (N-methyl/N-ethyl adjacent to an activating group) is 1. The Labute approximate surface area is 135 Å². The van der Waals surface area contributed by atoms with Crippen molar-refractivity contribution in [3.63, 3.8) is 0 Å². The van der Waals surface area contributed by atoms with Gasteiger partial charge < -0.3 is 9.80 Å². The fourth-order valence-corrected chi connectivity index (χ4v) is 3.14. The molecule has 6 nitrogen and oxygen atoms in total. The number of urea groups is 1. The van der Waals surface area contributed by atoms with E-state index in [1.54, 1.807) is 7.05 Å². The van der Waals surface area contributed by atoms with Crippen LogP contribution in [-0.4, -0.2) is 59.2 Å². The maximum atomic E-state index is 12.3. The van der Waals surface area contributed by atoms with Gasteiger partial charge >= 0.3 is 6.03 Å². The fourth-order valence-electron chi connectivity index (χ4n) is 3.14. The van der Waals surface area contributed by atoms with Gasteiger partial charge in [0.25, 0.3) is 0 Å². The van der Waals surface area contributed by atoms with Gasteiger partial charge in [0.2, 0.25) is 11.8 Å². The molecule has 3 rings (SSSR count). The van der Waals surface area contributed by atoms with Crippen molar-refractivity contribution in [3.8, 4) is 0 Å². The summed E-state index contributed by atoms with van der Waals surface area (Å²) >= 11 is 0. The average Bonchev–Trinajstić information content (AvgIpc) is 2.80. The molecule has 23 heavy (non-hydrogen) atoms. The van der Waals surface area contributed by atoms with Crippen molar-refractivity contribution >= 4 is 17.8 Å². The molecule has 1 saturated heterocycles. The fraction of sp³-hybridized carbons (Fsp3) is 0.471. The molecule has 2 aliphatic rings. The lowest BCUT2D eigenvalue weighted by Crippen LogP contribution is -2.37. The monoisotopic (exact) mass is 315 g/mol. The second-order valence-corrected chi connectivity index (χ2v) is 6.12. The van der Waals surface area contributed by atoms with Gasteiger partial charge in [-0.3, -0.25) is 14.5 Å². The molecule has 2 heterocycles. The van der Waals surface area contributed by atoms with Crippen molar-refractivity contribution < 1.29 is 14.4 Å². The van der Waals surface area contributed by atoms with Crippen LogP contribution in [0.1, 0.15) is 24.0 Å². The third-order valence-electron chi connectivity index (χ3n) is 4.49. The van der Waals surface area contributed by atoms with E-state index in [1.807, 2.05) is 17.0 Å². The Morgan fingerprint density at radius 1 is 1.13 bits per heavy atom. The number of nitrogens with zero attached hydrogens (tertiary/aromatic N) is 3. The zero-order valence-corrected chi connectivity index (χ0v) is 13.3. The smallest absolute Gasteiger partial charge is 0.326 e. The summed E-state index contributed by atoms with van der Waals surface area (Å²) in [6.07, 6.45) is 1.76. The number of hydrogen-bond donors (Lipinski definition) is 0. The summed E-state index contributed by atoms with van der Waals surface area (Å²) in [6.45, 7) is 1.84. The van der Waals surface area contributed by atoms with Gasteiger partial charge in [-0.25, -0.2) is 4.79 Å². The molecule has 0 aliphatic carbocycles. The van der Waals surface area contributed by atoms with Crippen LogP contribution in [-0.2, 0) is 22.6 Å². The lowest BCUT2D eigenvalue weighted by atomic mass is 9.99. The summed E-state index contributed by atoms with van der Waals surface area (Å²) in [7, 11) is 1.61. The van der Waals surface area contributed by atoms with Crippen molar-refractivity contribution in [3.05, 3.63) is 35.4 Å². The topological polar surface area (TPSA) is 60.9 Å². The number of benzene rings is 1. The first-order chi connectivity index (χ1) is 11.1. The standard InChI is InChI=1S/C17H21N3O3/c1-18-12-16(22)20(17(18)23)9-4-7-15(21)19-10-8-13-5-2-3-6-14(13)11-19/h2-3,5-6H,4,7-12H2,1H3. The largest absolute Gasteiger partial charge is 0.338 e. The number of carbonyl (C=O) groups excluding carboxylic acids is 3. The third kappa shape index (κ3) is 3.21. The van der Waals surface area contributed by atoms with Crippen LogP contribution in [0.3, 0.4) is 0 Å². The number of hydrogen-bond acceptors (Lipinski definition) is 3. The average molecular weight is 315 g/mol. The molecule has 0 unspecified atom stereocenters. The highest BCUT2D eigenvalue weighted by Gasteiger charge is 2.33. The molecule has 0 spiro atoms. The summed E-state index contributed by atoms with van der Waals surface area (Å²) in [6, 6.07) is 7.92. The molecule has 4 amide bonds. The minimum Gasteiger partial charge on any atom is -0.338 e. The lowest BCUT2D eigenvalue weighted by molar-refractivity contribution is -0.133. The summed E-state index contributed by atoms with van der Waals surface area (Å²) in [5, 5.41) is 0. The van der Waals surface area contributed by atoms with Crippen LogP contribution >= 0.6 is 0 Å². The van der Waals surface area contributed by atoms with E-state index in [1.165, 1.54) is 20.9 Å². The summed E-state index contributed by atoms with van der Waals surface area (Å²) in [5.41, 5.74) is 2.52. The van der Waals surface area contributed by atoms with Crippen LogP contribution in [0.5, 0.6) is 0 Å². The van der Waals surface area contributed by atoms with Gasteiger partial charge in [0, 0.05) is 33.1 Å². The first kappa shape index (κ1) is 15.5. The van der Waals surface area contributed by atoms with Crippen LogP contribution < -0.4 is 0 Å². The predicted molar refractivity (Wildman–Crippen MR) is 84.5 cm³/mol. The van der Waals surface area contributed by atoms with Gasteiger partial charge in [-0.05, 0) is 24.0 Å². The minimum absolute atomic E-state index is 0.0898. The second-order valence-electron chi connectivity index (χ2n) is 6.12. The molecule has 6 heteroatoms. The van der Waals surface area contributed by atoms with Gasteiger partial charge in [0.1, 0.15) is 6.54 Å². The Kier molecular flexibility index (Phi) is 4.32. The van der Waals surface area contributed by atoms with Crippen LogP contribution in [0.25, 0.3) is 0 Å². The predicted octanol–water partition coefficient (Wildman–Crippen LogP) is 1.25. The Balaban J connectivity index is 1.49. The molecular formula is C17H21N3O3. The van der Waals surface area contributed by atoms with E-state index in [4.69, 9.17) is 0 Å². The third-order valence-corrected chi connectivity index (χ3v) is 4.49. The molecule has 0 atom stereocenters. The number of amides is 4. The summed E-state index contributed by atoms with van der Waals surface area (Å²) in [5.74, 6) is -0.0937. The molecule has 1 fully saturated rings. The van der Waals surface area contributed by atoms with E-state index in [0.717, 1.165) is 13.0 Å². The zero-order valence-electron chi connectivity index (χ0n) is 13.3. The van der Waals surface area contributed by atoms with E-state index in [-0.39, 0.29) is 24.4 Å². The molecular weight excluding hydrogens is 294 g/mol. The van der Waals surface area contributed by atoms with Gasteiger partial charge in [-0.2, -0.15) is 0 Å². The normalized spacial score (nSPS) is 17.7. The minimum atomic E-state index is -0.269. The number of rotatable bonds is 4. The Hall–Kier alpha value is -2.37. The first-order valence-corrected chi connectivity index (χ1v) is 7.96. The van der Waals surface area contributed by atoms with Gasteiger partial charge in [0.05, 0.1) is 0 Å². The SMILES string of the molecule is CN1CC(=O)N(CCCC(=O)N2CCc3ccccc3C2)C1=O.